The van der Waals surface area contributed by atoms with Gasteiger partial charge in [0.1, 0.15) is 0 Å². The number of nitrogens with one attached hydrogen (secondary N) is 3. The van der Waals surface area contributed by atoms with E-state index in [1.807, 2.05) is 20.8 Å². The van der Waals surface area contributed by atoms with E-state index in [1.54, 1.807) is 24.3 Å². The Labute approximate surface area is 144 Å². The van der Waals surface area contributed by atoms with E-state index in [0.717, 1.165) is 0 Å². The number of rotatable bonds is 5. The summed E-state index contributed by atoms with van der Waals surface area (Å²) in [6.45, 7) is 5.52. The van der Waals surface area contributed by atoms with Crippen LogP contribution in [-0.4, -0.2) is 33.4 Å². The molecule has 0 fully saturated rings. The van der Waals surface area contributed by atoms with E-state index in [-0.39, 0.29) is 36.9 Å². The number of amides is 2. The maximum atomic E-state index is 12.0. The van der Waals surface area contributed by atoms with Gasteiger partial charge in [-0.3, -0.25) is 23.9 Å². The lowest BCUT2D eigenvalue weighted by Crippen LogP contribution is -2.46. The SMILES string of the molecule is CC(C)(C)NC(=O)CNC(=O)CCn1c(=O)[nH]c(=O)c2ccccc21. The number of H-pyrrole nitrogens is 1. The number of carbonyl (C=O) groups excluding carboxylic acids is 2. The Morgan fingerprint density at radius 3 is 2.48 bits per heavy atom. The molecule has 134 valence electrons. The van der Waals surface area contributed by atoms with Crippen LogP contribution in [0.4, 0.5) is 0 Å². The number of benzene rings is 1. The van der Waals surface area contributed by atoms with Gasteiger partial charge in [-0.2, -0.15) is 0 Å². The summed E-state index contributed by atoms with van der Waals surface area (Å²) in [6, 6.07) is 6.68. The summed E-state index contributed by atoms with van der Waals surface area (Å²) in [5, 5.41) is 5.64. The molecule has 0 spiro atoms. The Bertz CT molecular complexity index is 905. The van der Waals surface area contributed by atoms with E-state index in [0.29, 0.717) is 10.9 Å². The molecule has 8 heteroatoms. The molecule has 0 aliphatic heterocycles. The van der Waals surface area contributed by atoms with E-state index < -0.39 is 11.2 Å². The minimum absolute atomic E-state index is 0.0126. The molecule has 0 saturated heterocycles. The second-order valence-electron chi connectivity index (χ2n) is 6.75. The minimum atomic E-state index is -0.568. The highest BCUT2D eigenvalue weighted by Crippen LogP contribution is 2.07. The molecule has 0 saturated carbocycles. The fourth-order valence-electron chi connectivity index (χ4n) is 2.41. The summed E-state index contributed by atoms with van der Waals surface area (Å²) >= 11 is 0. The summed E-state index contributed by atoms with van der Waals surface area (Å²) in [4.78, 5) is 49.6. The molecule has 0 aliphatic rings. The Balaban J connectivity index is 2.01. The van der Waals surface area contributed by atoms with Gasteiger partial charge in [0.2, 0.25) is 11.8 Å². The normalized spacial score (nSPS) is 11.3. The van der Waals surface area contributed by atoms with Gasteiger partial charge in [-0.25, -0.2) is 4.79 Å². The standard InChI is InChI=1S/C17H22N4O4/c1-17(2,3)20-14(23)10-18-13(22)8-9-21-12-7-5-4-6-11(12)15(24)19-16(21)25/h4-7H,8-10H2,1-3H3,(H,18,22)(H,20,23)(H,19,24,25). The molecular weight excluding hydrogens is 324 g/mol. The Hall–Kier alpha value is -2.90. The zero-order valence-electron chi connectivity index (χ0n) is 14.5. The maximum absolute atomic E-state index is 12.0. The van der Waals surface area contributed by atoms with Crippen molar-refractivity contribution in [2.75, 3.05) is 6.54 Å². The molecule has 2 rings (SSSR count). The van der Waals surface area contributed by atoms with Crippen molar-refractivity contribution in [2.24, 2.45) is 0 Å². The first kappa shape index (κ1) is 18.4. The van der Waals surface area contributed by atoms with Gasteiger partial charge >= 0.3 is 5.69 Å². The van der Waals surface area contributed by atoms with Gasteiger partial charge in [0.15, 0.2) is 0 Å². The van der Waals surface area contributed by atoms with Gasteiger partial charge in [0.05, 0.1) is 17.4 Å². The summed E-state index contributed by atoms with van der Waals surface area (Å²) in [5.41, 5.74) is -0.930. The first-order valence-electron chi connectivity index (χ1n) is 7.97. The van der Waals surface area contributed by atoms with Crippen molar-refractivity contribution < 1.29 is 9.59 Å². The van der Waals surface area contributed by atoms with Crippen molar-refractivity contribution in [1.29, 1.82) is 0 Å². The topological polar surface area (TPSA) is 113 Å². The fourth-order valence-corrected chi connectivity index (χ4v) is 2.41. The van der Waals surface area contributed by atoms with Crippen molar-refractivity contribution in [3.63, 3.8) is 0 Å². The molecule has 0 bridgehead atoms. The number of carbonyl (C=O) groups is 2. The van der Waals surface area contributed by atoms with Crippen LogP contribution in [0.2, 0.25) is 0 Å². The van der Waals surface area contributed by atoms with E-state index >= 15 is 0 Å². The lowest BCUT2D eigenvalue weighted by molar-refractivity contribution is -0.127. The van der Waals surface area contributed by atoms with Crippen molar-refractivity contribution in [3.05, 3.63) is 45.1 Å². The van der Waals surface area contributed by atoms with Crippen molar-refractivity contribution >= 4 is 22.7 Å². The molecule has 1 heterocycles. The number of aromatic amines is 1. The minimum Gasteiger partial charge on any atom is -0.350 e. The lowest BCUT2D eigenvalue weighted by Gasteiger charge is -2.20. The third kappa shape index (κ3) is 5.03. The van der Waals surface area contributed by atoms with Crippen molar-refractivity contribution in [3.8, 4) is 0 Å². The van der Waals surface area contributed by atoms with Crippen LogP contribution >= 0.6 is 0 Å². The smallest absolute Gasteiger partial charge is 0.328 e. The van der Waals surface area contributed by atoms with E-state index in [1.165, 1.54) is 4.57 Å². The van der Waals surface area contributed by atoms with Crippen LogP contribution < -0.4 is 21.9 Å². The highest BCUT2D eigenvalue weighted by atomic mass is 16.2. The van der Waals surface area contributed by atoms with Gasteiger partial charge in [-0.05, 0) is 32.9 Å². The predicted molar refractivity (Wildman–Crippen MR) is 94.4 cm³/mol. The summed E-state index contributed by atoms with van der Waals surface area (Å²) in [5.74, 6) is -0.640. The molecule has 2 amide bonds. The quantitative estimate of drug-likeness (QED) is 0.713. The summed E-state index contributed by atoms with van der Waals surface area (Å²) in [7, 11) is 0. The van der Waals surface area contributed by atoms with Crippen LogP contribution in [0.15, 0.2) is 33.9 Å². The second-order valence-corrected chi connectivity index (χ2v) is 6.75. The average molecular weight is 346 g/mol. The number of nitrogens with zero attached hydrogens (tertiary/aromatic N) is 1. The molecule has 0 atom stereocenters. The molecule has 8 nitrogen and oxygen atoms in total. The van der Waals surface area contributed by atoms with E-state index in [2.05, 4.69) is 15.6 Å². The third-order valence-electron chi connectivity index (χ3n) is 3.43. The second kappa shape index (κ2) is 7.33. The van der Waals surface area contributed by atoms with Crippen LogP contribution in [-0.2, 0) is 16.1 Å². The molecule has 25 heavy (non-hydrogen) atoms. The maximum Gasteiger partial charge on any atom is 0.328 e. The number of hydrogen-bond acceptors (Lipinski definition) is 4. The largest absolute Gasteiger partial charge is 0.350 e. The number of fused-ring (bicyclic) bond motifs is 1. The highest BCUT2D eigenvalue weighted by molar-refractivity contribution is 5.85. The van der Waals surface area contributed by atoms with Crippen LogP contribution in [0.5, 0.6) is 0 Å². The molecule has 2 aromatic rings. The Morgan fingerprint density at radius 2 is 1.80 bits per heavy atom. The Kier molecular flexibility index (Phi) is 5.41. The number of aromatic nitrogens is 2. The summed E-state index contributed by atoms with van der Waals surface area (Å²) in [6.07, 6.45) is 0.0126. The van der Waals surface area contributed by atoms with Gasteiger partial charge in [-0.1, -0.05) is 12.1 Å². The summed E-state index contributed by atoms with van der Waals surface area (Å²) < 4.78 is 1.34. The first-order chi connectivity index (χ1) is 11.7. The van der Waals surface area contributed by atoms with Crippen molar-refractivity contribution in [2.45, 2.75) is 39.3 Å². The van der Waals surface area contributed by atoms with Gasteiger partial charge in [0.25, 0.3) is 5.56 Å². The van der Waals surface area contributed by atoms with Crippen LogP contribution in [0.1, 0.15) is 27.2 Å². The predicted octanol–water partition coefficient (Wildman–Crippen LogP) is 0.111. The number of hydrogen-bond donors (Lipinski definition) is 3. The zero-order chi connectivity index (χ0) is 18.6. The molecule has 0 radical (unpaired) electrons. The van der Waals surface area contributed by atoms with Gasteiger partial charge in [-0.15, -0.1) is 0 Å². The fraction of sp³-hybridized carbons (Fsp3) is 0.412. The number of para-hydroxylation sites is 1. The molecule has 0 aliphatic carbocycles. The molecular formula is C17H22N4O4. The third-order valence-corrected chi connectivity index (χ3v) is 3.43. The molecule has 1 aromatic carbocycles. The Morgan fingerprint density at radius 1 is 1.12 bits per heavy atom. The van der Waals surface area contributed by atoms with E-state index in [4.69, 9.17) is 0 Å². The lowest BCUT2D eigenvalue weighted by atomic mass is 10.1. The molecule has 3 N–H and O–H groups in total. The highest BCUT2D eigenvalue weighted by Gasteiger charge is 2.14. The van der Waals surface area contributed by atoms with Crippen LogP contribution in [0, 0.1) is 0 Å². The average Bonchev–Trinajstić information content (AvgIpc) is 2.51. The van der Waals surface area contributed by atoms with Crippen LogP contribution in [0.25, 0.3) is 10.9 Å². The molecule has 1 aromatic heterocycles. The number of aryl methyl sites for hydroxylation is 1. The zero-order valence-corrected chi connectivity index (χ0v) is 14.5. The van der Waals surface area contributed by atoms with Crippen molar-refractivity contribution in [1.82, 2.24) is 20.2 Å². The first-order valence-corrected chi connectivity index (χ1v) is 7.97. The molecule has 0 unspecified atom stereocenters. The van der Waals surface area contributed by atoms with Gasteiger partial charge < -0.3 is 10.6 Å². The van der Waals surface area contributed by atoms with E-state index in [9.17, 15) is 19.2 Å². The monoisotopic (exact) mass is 346 g/mol. The van der Waals surface area contributed by atoms with Gasteiger partial charge in [0, 0.05) is 18.5 Å². The van der Waals surface area contributed by atoms with Crippen LogP contribution in [0.3, 0.4) is 0 Å².